The number of rotatable bonds is 4. The van der Waals surface area contributed by atoms with Crippen molar-refractivity contribution in [2.75, 3.05) is 18.0 Å². The molecule has 174 valence electrons. The van der Waals surface area contributed by atoms with Gasteiger partial charge in [-0.3, -0.25) is 18.9 Å². The van der Waals surface area contributed by atoms with Gasteiger partial charge in [-0.2, -0.15) is 0 Å². The normalized spacial score (nSPS) is 18.5. The van der Waals surface area contributed by atoms with Crippen LogP contribution in [0, 0.1) is 12.8 Å². The minimum atomic E-state index is -0.178. The van der Waals surface area contributed by atoms with Crippen molar-refractivity contribution in [2.24, 2.45) is 5.92 Å². The monoisotopic (exact) mass is 490 g/mol. The molecule has 0 unspecified atom stereocenters. The number of pyridine rings is 1. The number of carbonyl (C=O) groups is 1. The third kappa shape index (κ3) is 4.40. The molecule has 2 aliphatic heterocycles. The van der Waals surface area contributed by atoms with Crippen molar-refractivity contribution in [3.63, 3.8) is 0 Å². The average Bonchev–Trinajstić information content (AvgIpc) is 3.10. The molecule has 34 heavy (non-hydrogen) atoms. The fourth-order valence-electron chi connectivity index (χ4n) is 4.32. The highest BCUT2D eigenvalue weighted by Gasteiger charge is 2.33. The third-order valence-corrected chi connectivity index (χ3v) is 7.82. The number of hydrogen-bond acceptors (Lipinski definition) is 6. The minimum absolute atomic E-state index is 0.175. The predicted molar refractivity (Wildman–Crippen MR) is 142 cm³/mol. The lowest BCUT2D eigenvalue weighted by molar-refractivity contribution is -0.122. The first-order valence-corrected chi connectivity index (χ1v) is 12.7. The predicted octanol–water partition coefficient (Wildman–Crippen LogP) is 4.64. The Morgan fingerprint density at radius 2 is 1.85 bits per heavy atom. The minimum Gasteiger partial charge on any atom is -0.356 e. The van der Waals surface area contributed by atoms with E-state index in [4.69, 9.17) is 17.2 Å². The molecule has 2 fully saturated rings. The molecule has 0 radical (unpaired) electrons. The first kappa shape index (κ1) is 22.8. The third-order valence-electron chi connectivity index (χ3n) is 6.44. The number of thiocarbonyl (C=S) groups is 1. The van der Waals surface area contributed by atoms with E-state index in [2.05, 4.69) is 11.8 Å². The number of aromatic nitrogens is 2. The maximum Gasteiger partial charge on any atom is 0.267 e. The molecule has 0 spiro atoms. The number of anilines is 1. The van der Waals surface area contributed by atoms with E-state index in [1.807, 2.05) is 49.4 Å². The number of thioether (sulfide) groups is 1. The standard InChI is InChI=1S/C26H26N4O2S2/c1-17-6-8-19(9-7-17)16-30-25(32)21(34-26(30)33)15-20-23(28-13-10-18(2)11-14-28)27-22-5-3-4-12-29(22)24(20)31/h3-9,12,15,18H,10-11,13-14,16H2,1-2H3/b21-15+. The van der Waals surface area contributed by atoms with E-state index in [-0.39, 0.29) is 11.5 Å². The van der Waals surface area contributed by atoms with Crippen molar-refractivity contribution in [3.05, 3.63) is 80.6 Å². The Labute approximate surface area is 208 Å². The molecular weight excluding hydrogens is 464 g/mol. The van der Waals surface area contributed by atoms with Crippen LogP contribution in [0.2, 0.25) is 0 Å². The Morgan fingerprint density at radius 1 is 1.12 bits per heavy atom. The first-order valence-electron chi connectivity index (χ1n) is 11.5. The van der Waals surface area contributed by atoms with Crippen LogP contribution in [0.1, 0.15) is 36.5 Å². The number of amides is 1. The van der Waals surface area contributed by atoms with Gasteiger partial charge in [0.2, 0.25) is 0 Å². The molecule has 0 atom stereocenters. The number of nitrogens with zero attached hydrogens (tertiary/aromatic N) is 4. The van der Waals surface area contributed by atoms with E-state index in [0.717, 1.165) is 37.1 Å². The summed E-state index contributed by atoms with van der Waals surface area (Å²) in [6, 6.07) is 13.6. The van der Waals surface area contributed by atoms with E-state index in [1.165, 1.54) is 16.2 Å². The number of fused-ring (bicyclic) bond motifs is 1. The Kier molecular flexibility index (Phi) is 6.27. The lowest BCUT2D eigenvalue weighted by Crippen LogP contribution is -2.36. The number of piperidine rings is 1. The zero-order valence-corrected chi connectivity index (χ0v) is 20.9. The largest absolute Gasteiger partial charge is 0.356 e. The van der Waals surface area contributed by atoms with E-state index in [1.54, 1.807) is 17.2 Å². The smallest absolute Gasteiger partial charge is 0.267 e. The van der Waals surface area contributed by atoms with Crippen molar-refractivity contribution in [3.8, 4) is 0 Å². The second kappa shape index (κ2) is 9.35. The van der Waals surface area contributed by atoms with Gasteiger partial charge in [0.05, 0.1) is 17.0 Å². The number of hydrogen-bond donors (Lipinski definition) is 0. The second-order valence-electron chi connectivity index (χ2n) is 9.01. The molecule has 3 aromatic rings. The van der Waals surface area contributed by atoms with Crippen molar-refractivity contribution >= 4 is 51.7 Å². The summed E-state index contributed by atoms with van der Waals surface area (Å²) in [7, 11) is 0. The number of benzene rings is 1. The summed E-state index contributed by atoms with van der Waals surface area (Å²) < 4.78 is 2.04. The summed E-state index contributed by atoms with van der Waals surface area (Å²) in [5, 5.41) is 0. The van der Waals surface area contributed by atoms with Gasteiger partial charge in [0, 0.05) is 19.3 Å². The van der Waals surface area contributed by atoms with E-state index in [0.29, 0.717) is 38.7 Å². The molecule has 5 rings (SSSR count). The second-order valence-corrected chi connectivity index (χ2v) is 10.7. The van der Waals surface area contributed by atoms with Gasteiger partial charge < -0.3 is 4.90 Å². The number of aryl methyl sites for hydroxylation is 1. The summed E-state index contributed by atoms with van der Waals surface area (Å²) in [6.45, 7) is 6.37. The van der Waals surface area contributed by atoms with Gasteiger partial charge in [0.25, 0.3) is 11.5 Å². The maximum atomic E-state index is 13.5. The van der Waals surface area contributed by atoms with Gasteiger partial charge in [0.1, 0.15) is 15.8 Å². The molecular formula is C26H26N4O2S2. The summed E-state index contributed by atoms with van der Waals surface area (Å²) in [5.74, 6) is 1.12. The summed E-state index contributed by atoms with van der Waals surface area (Å²) in [4.78, 5) is 35.9. The van der Waals surface area contributed by atoms with Crippen molar-refractivity contribution in [1.29, 1.82) is 0 Å². The van der Waals surface area contributed by atoms with Gasteiger partial charge in [-0.25, -0.2) is 4.98 Å². The summed E-state index contributed by atoms with van der Waals surface area (Å²) >= 11 is 6.78. The van der Waals surface area contributed by atoms with E-state index in [9.17, 15) is 9.59 Å². The molecule has 6 nitrogen and oxygen atoms in total. The SMILES string of the molecule is Cc1ccc(CN2C(=O)/C(=C\c3c(N4CCC(C)CC4)nc4ccccn4c3=O)SC2=S)cc1. The summed E-state index contributed by atoms with van der Waals surface area (Å²) in [6.07, 6.45) is 5.51. The molecule has 0 saturated carbocycles. The highest BCUT2D eigenvalue weighted by Crippen LogP contribution is 2.35. The van der Waals surface area contributed by atoms with Crippen LogP contribution in [0.4, 0.5) is 5.82 Å². The fraction of sp³-hybridized carbons (Fsp3) is 0.308. The topological polar surface area (TPSA) is 57.9 Å². The lowest BCUT2D eigenvalue weighted by Gasteiger charge is -2.32. The molecule has 1 aromatic carbocycles. The Hall–Kier alpha value is -2.97. The van der Waals surface area contributed by atoms with Crippen molar-refractivity contribution < 1.29 is 4.79 Å². The molecule has 2 aromatic heterocycles. The lowest BCUT2D eigenvalue weighted by atomic mass is 9.99. The maximum absolute atomic E-state index is 13.5. The van der Waals surface area contributed by atoms with Crippen LogP contribution in [0.15, 0.2) is 58.4 Å². The molecule has 0 aliphatic carbocycles. The molecule has 8 heteroatoms. The van der Waals surface area contributed by atoms with Gasteiger partial charge in [-0.05, 0) is 49.5 Å². The Balaban J connectivity index is 1.53. The zero-order chi connectivity index (χ0) is 23.8. The first-order chi connectivity index (χ1) is 16.4. The van der Waals surface area contributed by atoms with Crippen LogP contribution in [-0.4, -0.2) is 37.6 Å². The molecule has 0 bridgehead atoms. The molecule has 2 aliphatic rings. The van der Waals surface area contributed by atoms with Gasteiger partial charge in [-0.15, -0.1) is 0 Å². The zero-order valence-electron chi connectivity index (χ0n) is 19.2. The van der Waals surface area contributed by atoms with E-state index < -0.39 is 0 Å². The van der Waals surface area contributed by atoms with Gasteiger partial charge >= 0.3 is 0 Å². The van der Waals surface area contributed by atoms with Crippen LogP contribution < -0.4 is 10.5 Å². The van der Waals surface area contributed by atoms with Gasteiger partial charge in [-0.1, -0.05) is 66.8 Å². The van der Waals surface area contributed by atoms with Crippen LogP contribution in [0.5, 0.6) is 0 Å². The van der Waals surface area contributed by atoms with Crippen LogP contribution in [-0.2, 0) is 11.3 Å². The molecule has 0 N–H and O–H groups in total. The van der Waals surface area contributed by atoms with Crippen molar-refractivity contribution in [1.82, 2.24) is 14.3 Å². The molecule has 2 saturated heterocycles. The van der Waals surface area contributed by atoms with Crippen LogP contribution in [0.25, 0.3) is 11.7 Å². The van der Waals surface area contributed by atoms with E-state index >= 15 is 0 Å². The molecule has 1 amide bonds. The number of carbonyl (C=O) groups excluding carboxylic acids is 1. The fourth-order valence-corrected chi connectivity index (χ4v) is 5.56. The van der Waals surface area contributed by atoms with Crippen molar-refractivity contribution in [2.45, 2.75) is 33.2 Å². The quantitative estimate of drug-likeness (QED) is 0.392. The average molecular weight is 491 g/mol. The van der Waals surface area contributed by atoms with Crippen LogP contribution >= 0.6 is 24.0 Å². The highest BCUT2D eigenvalue weighted by molar-refractivity contribution is 8.26. The van der Waals surface area contributed by atoms with Crippen LogP contribution in [0.3, 0.4) is 0 Å². The highest BCUT2D eigenvalue weighted by atomic mass is 32.2. The van der Waals surface area contributed by atoms with Gasteiger partial charge in [0.15, 0.2) is 0 Å². The summed E-state index contributed by atoms with van der Waals surface area (Å²) in [5.41, 5.74) is 3.04. The Morgan fingerprint density at radius 3 is 2.59 bits per heavy atom. The molecule has 4 heterocycles. The Bertz CT molecular complexity index is 1360.